The number of ether oxygens (including phenoxy) is 1. The van der Waals surface area contributed by atoms with E-state index in [1.165, 1.54) is 11.5 Å². The summed E-state index contributed by atoms with van der Waals surface area (Å²) in [6.45, 7) is 4.24. The number of rotatable bonds is 2. The molecule has 0 aliphatic carbocycles. The first-order valence-electron chi connectivity index (χ1n) is 8.10. The average molecular weight is 355 g/mol. The van der Waals surface area contributed by atoms with E-state index in [0.29, 0.717) is 42.1 Å². The topological polar surface area (TPSA) is 64.4 Å². The smallest absolute Gasteiger partial charge is 0.274 e. The number of carbonyl (C=O) groups excluding carboxylic acids is 1. The predicted molar refractivity (Wildman–Crippen MR) is 96.7 cm³/mol. The summed E-state index contributed by atoms with van der Waals surface area (Å²) in [4.78, 5) is 32.1. The van der Waals surface area contributed by atoms with Gasteiger partial charge in [-0.05, 0) is 48.3 Å². The summed E-state index contributed by atoms with van der Waals surface area (Å²) < 4.78 is 6.92. The SMILES string of the molecule is Cc1ccc(C(=O)N2CCOCC2)cc1-n1sc2ncccc2c1=O. The van der Waals surface area contributed by atoms with Crippen molar-refractivity contribution in [3.05, 3.63) is 58.0 Å². The second-order valence-electron chi connectivity index (χ2n) is 5.95. The molecule has 1 saturated heterocycles. The highest BCUT2D eigenvalue weighted by Crippen LogP contribution is 2.22. The van der Waals surface area contributed by atoms with Crippen LogP contribution < -0.4 is 5.56 Å². The minimum atomic E-state index is -0.104. The lowest BCUT2D eigenvalue weighted by Crippen LogP contribution is -2.40. The molecule has 4 rings (SSSR count). The Balaban J connectivity index is 1.78. The van der Waals surface area contributed by atoms with Gasteiger partial charge < -0.3 is 9.64 Å². The van der Waals surface area contributed by atoms with Crippen molar-refractivity contribution < 1.29 is 9.53 Å². The second-order valence-corrected chi connectivity index (χ2v) is 6.89. The normalized spacial score (nSPS) is 14.8. The fourth-order valence-corrected chi connectivity index (χ4v) is 3.94. The van der Waals surface area contributed by atoms with Crippen LogP contribution in [0.2, 0.25) is 0 Å². The van der Waals surface area contributed by atoms with Crippen molar-refractivity contribution in [2.24, 2.45) is 0 Å². The molecular weight excluding hydrogens is 338 g/mol. The van der Waals surface area contributed by atoms with Gasteiger partial charge in [-0.2, -0.15) is 0 Å². The Kier molecular flexibility index (Phi) is 4.10. The molecule has 3 heterocycles. The van der Waals surface area contributed by atoms with Gasteiger partial charge in [0.2, 0.25) is 0 Å². The molecule has 0 atom stereocenters. The lowest BCUT2D eigenvalue weighted by atomic mass is 10.1. The van der Waals surface area contributed by atoms with E-state index in [4.69, 9.17) is 4.74 Å². The van der Waals surface area contributed by atoms with Gasteiger partial charge in [-0.3, -0.25) is 9.59 Å². The largest absolute Gasteiger partial charge is 0.378 e. The summed E-state index contributed by atoms with van der Waals surface area (Å²) in [5.74, 6) is -0.0307. The van der Waals surface area contributed by atoms with Crippen molar-refractivity contribution in [3.8, 4) is 5.69 Å². The standard InChI is InChI=1S/C18H17N3O3S/c1-12-4-5-13(17(22)20-7-9-24-10-8-20)11-15(12)21-18(23)14-3-2-6-19-16(14)25-21/h2-6,11H,7-10H2,1H3. The number of benzene rings is 1. The Morgan fingerprint density at radius 2 is 2.04 bits per heavy atom. The van der Waals surface area contributed by atoms with Crippen molar-refractivity contribution in [1.82, 2.24) is 13.8 Å². The number of hydrogen-bond donors (Lipinski definition) is 0. The van der Waals surface area contributed by atoms with Crippen molar-refractivity contribution >= 4 is 27.7 Å². The lowest BCUT2D eigenvalue weighted by Gasteiger charge is -2.27. The Labute approximate surface area is 148 Å². The van der Waals surface area contributed by atoms with E-state index in [1.807, 2.05) is 19.1 Å². The number of aryl methyl sites for hydroxylation is 1. The molecule has 3 aromatic rings. The van der Waals surface area contributed by atoms with E-state index in [-0.39, 0.29) is 11.5 Å². The molecule has 0 N–H and O–H groups in total. The van der Waals surface area contributed by atoms with E-state index in [9.17, 15) is 9.59 Å². The fraction of sp³-hybridized carbons (Fsp3) is 0.278. The van der Waals surface area contributed by atoms with E-state index in [0.717, 1.165) is 11.3 Å². The maximum atomic E-state index is 12.7. The van der Waals surface area contributed by atoms with Crippen LogP contribution >= 0.6 is 11.5 Å². The zero-order valence-electron chi connectivity index (χ0n) is 13.8. The maximum absolute atomic E-state index is 12.7. The van der Waals surface area contributed by atoms with Gasteiger partial charge in [0.25, 0.3) is 11.5 Å². The maximum Gasteiger partial charge on any atom is 0.274 e. The molecule has 0 unspecified atom stereocenters. The zero-order chi connectivity index (χ0) is 17.4. The molecule has 1 amide bonds. The van der Waals surface area contributed by atoms with Gasteiger partial charge in [0.1, 0.15) is 4.83 Å². The van der Waals surface area contributed by atoms with Crippen LogP contribution in [0.1, 0.15) is 15.9 Å². The Morgan fingerprint density at radius 1 is 1.24 bits per heavy atom. The first kappa shape index (κ1) is 16.0. The summed E-state index contributed by atoms with van der Waals surface area (Å²) in [6, 6.07) is 9.02. The molecule has 0 saturated carbocycles. The van der Waals surface area contributed by atoms with E-state index in [2.05, 4.69) is 4.98 Å². The Hall–Kier alpha value is -2.51. The van der Waals surface area contributed by atoms with Gasteiger partial charge in [-0.15, -0.1) is 0 Å². The molecule has 0 spiro atoms. The molecule has 1 aromatic carbocycles. The van der Waals surface area contributed by atoms with Gasteiger partial charge in [-0.25, -0.2) is 8.94 Å². The number of pyridine rings is 1. The van der Waals surface area contributed by atoms with Gasteiger partial charge in [-0.1, -0.05) is 6.07 Å². The van der Waals surface area contributed by atoms with Crippen molar-refractivity contribution in [2.75, 3.05) is 26.3 Å². The first-order chi connectivity index (χ1) is 12.1. The summed E-state index contributed by atoms with van der Waals surface area (Å²) in [5.41, 5.74) is 2.14. The summed E-state index contributed by atoms with van der Waals surface area (Å²) in [5, 5.41) is 0.594. The summed E-state index contributed by atoms with van der Waals surface area (Å²) in [6.07, 6.45) is 1.67. The predicted octanol–water partition coefficient (Wildman–Crippen LogP) is 2.23. The Morgan fingerprint density at radius 3 is 2.80 bits per heavy atom. The highest BCUT2D eigenvalue weighted by molar-refractivity contribution is 7.13. The third kappa shape index (κ3) is 2.85. The first-order valence-corrected chi connectivity index (χ1v) is 8.87. The van der Waals surface area contributed by atoms with Crippen LogP contribution in [0, 0.1) is 6.92 Å². The van der Waals surface area contributed by atoms with Crippen LogP contribution in [0.15, 0.2) is 41.3 Å². The van der Waals surface area contributed by atoms with Crippen LogP contribution in [0.3, 0.4) is 0 Å². The zero-order valence-corrected chi connectivity index (χ0v) is 14.6. The molecular formula is C18H17N3O3S. The fourth-order valence-electron chi connectivity index (χ4n) is 2.93. The van der Waals surface area contributed by atoms with Crippen molar-refractivity contribution in [1.29, 1.82) is 0 Å². The average Bonchev–Trinajstić information content (AvgIpc) is 2.99. The number of hydrogen-bond acceptors (Lipinski definition) is 5. The van der Waals surface area contributed by atoms with Gasteiger partial charge in [0.05, 0.1) is 24.3 Å². The summed E-state index contributed by atoms with van der Waals surface area (Å²) >= 11 is 1.30. The molecule has 0 radical (unpaired) electrons. The molecule has 2 aromatic heterocycles. The lowest BCUT2D eigenvalue weighted by molar-refractivity contribution is 0.0303. The van der Waals surface area contributed by atoms with Gasteiger partial charge in [0, 0.05) is 24.8 Å². The highest BCUT2D eigenvalue weighted by atomic mass is 32.1. The number of amides is 1. The molecule has 1 aliphatic heterocycles. The van der Waals surface area contributed by atoms with Gasteiger partial charge >= 0.3 is 0 Å². The number of nitrogens with zero attached hydrogens (tertiary/aromatic N) is 3. The summed E-state index contributed by atoms with van der Waals surface area (Å²) in [7, 11) is 0. The minimum Gasteiger partial charge on any atom is -0.378 e. The number of morpholine rings is 1. The second kappa shape index (κ2) is 6.42. The molecule has 7 heteroatoms. The molecule has 1 aliphatic rings. The van der Waals surface area contributed by atoms with E-state index in [1.54, 1.807) is 33.3 Å². The monoisotopic (exact) mass is 355 g/mol. The van der Waals surface area contributed by atoms with Crippen LogP contribution in [0.25, 0.3) is 15.9 Å². The van der Waals surface area contributed by atoms with E-state index < -0.39 is 0 Å². The molecule has 6 nitrogen and oxygen atoms in total. The molecule has 1 fully saturated rings. The quantitative estimate of drug-likeness (QED) is 0.707. The van der Waals surface area contributed by atoms with Gasteiger partial charge in [0.15, 0.2) is 0 Å². The third-order valence-corrected chi connectivity index (χ3v) is 5.38. The number of fused-ring (bicyclic) bond motifs is 1. The highest BCUT2D eigenvalue weighted by Gasteiger charge is 2.20. The van der Waals surface area contributed by atoms with Crippen LogP contribution in [0.4, 0.5) is 0 Å². The minimum absolute atomic E-state index is 0.0307. The number of aromatic nitrogens is 2. The van der Waals surface area contributed by atoms with Crippen LogP contribution in [-0.2, 0) is 4.74 Å². The molecule has 0 bridgehead atoms. The van der Waals surface area contributed by atoms with Crippen molar-refractivity contribution in [2.45, 2.75) is 6.92 Å². The van der Waals surface area contributed by atoms with E-state index >= 15 is 0 Å². The third-order valence-electron chi connectivity index (χ3n) is 4.34. The molecule has 25 heavy (non-hydrogen) atoms. The number of carbonyl (C=O) groups is 1. The van der Waals surface area contributed by atoms with Crippen LogP contribution in [0.5, 0.6) is 0 Å². The van der Waals surface area contributed by atoms with Crippen LogP contribution in [-0.4, -0.2) is 46.1 Å². The van der Waals surface area contributed by atoms with Crippen molar-refractivity contribution in [3.63, 3.8) is 0 Å². The Bertz CT molecular complexity index is 1000. The molecule has 128 valence electrons.